The van der Waals surface area contributed by atoms with Gasteiger partial charge in [0.25, 0.3) is 0 Å². The molecule has 2 heteroatoms. The third-order valence-electron chi connectivity index (χ3n) is 3.13. The maximum atomic E-state index is 10.5. The molecule has 0 saturated carbocycles. The summed E-state index contributed by atoms with van der Waals surface area (Å²) >= 11 is 0. The van der Waals surface area contributed by atoms with E-state index in [2.05, 4.69) is 31.2 Å². The van der Waals surface area contributed by atoms with Gasteiger partial charge >= 0.3 is 5.97 Å². The van der Waals surface area contributed by atoms with Gasteiger partial charge in [-0.05, 0) is 38.5 Å². The molecule has 0 saturated heterocycles. The molecule has 0 aliphatic carbocycles. The van der Waals surface area contributed by atoms with Crippen molar-refractivity contribution < 1.29 is 9.53 Å². The molecule has 0 aromatic heterocycles. The van der Waals surface area contributed by atoms with E-state index in [1.807, 2.05) is 0 Å². The highest BCUT2D eigenvalue weighted by atomic mass is 16.5. The van der Waals surface area contributed by atoms with Crippen molar-refractivity contribution in [1.29, 1.82) is 0 Å². The maximum Gasteiger partial charge on any atom is 0.302 e. The van der Waals surface area contributed by atoms with Gasteiger partial charge in [-0.3, -0.25) is 4.79 Å². The van der Waals surface area contributed by atoms with Crippen LogP contribution in [0.4, 0.5) is 0 Å². The minimum atomic E-state index is -0.170. The third-order valence-corrected chi connectivity index (χ3v) is 3.13. The number of rotatable bonds is 13. The number of hydrogen-bond donors (Lipinski definition) is 0. The summed E-state index contributed by atoms with van der Waals surface area (Å²) in [6, 6.07) is 0. The fourth-order valence-electron chi connectivity index (χ4n) is 1.92. The minimum Gasteiger partial charge on any atom is -0.466 e. The maximum absolute atomic E-state index is 10.5. The van der Waals surface area contributed by atoms with E-state index in [9.17, 15) is 4.79 Å². The van der Waals surface area contributed by atoms with Crippen LogP contribution in [0.1, 0.15) is 78.1 Å². The molecule has 0 unspecified atom stereocenters. The first-order valence-electron chi connectivity index (χ1n) is 8.20. The summed E-state index contributed by atoms with van der Waals surface area (Å²) in [5, 5.41) is 0. The Hall–Kier alpha value is -1.05. The predicted octanol–water partition coefficient (Wildman–Crippen LogP) is 5.58. The van der Waals surface area contributed by atoms with E-state index < -0.39 is 0 Å². The first kappa shape index (κ1) is 18.9. The van der Waals surface area contributed by atoms with Gasteiger partial charge in [0.1, 0.15) is 0 Å². The van der Waals surface area contributed by atoms with E-state index in [0.29, 0.717) is 6.61 Å². The van der Waals surface area contributed by atoms with E-state index in [-0.39, 0.29) is 5.97 Å². The molecule has 0 heterocycles. The molecule has 0 N–H and O–H groups in total. The number of esters is 1. The van der Waals surface area contributed by atoms with Crippen LogP contribution in [0.25, 0.3) is 0 Å². The molecular weight excluding hydrogens is 248 g/mol. The van der Waals surface area contributed by atoms with Gasteiger partial charge < -0.3 is 4.74 Å². The Balaban J connectivity index is 3.16. The zero-order valence-electron chi connectivity index (χ0n) is 13.4. The van der Waals surface area contributed by atoms with E-state index in [1.165, 1.54) is 51.9 Å². The molecule has 0 aromatic rings. The highest BCUT2D eigenvalue weighted by molar-refractivity contribution is 5.65. The molecule has 2 nitrogen and oxygen atoms in total. The largest absolute Gasteiger partial charge is 0.466 e. The van der Waals surface area contributed by atoms with Crippen LogP contribution < -0.4 is 0 Å². The molecule has 20 heavy (non-hydrogen) atoms. The molecule has 0 amide bonds. The van der Waals surface area contributed by atoms with Crippen molar-refractivity contribution in [2.75, 3.05) is 6.61 Å². The monoisotopic (exact) mass is 280 g/mol. The van der Waals surface area contributed by atoms with Gasteiger partial charge in [-0.2, -0.15) is 0 Å². The van der Waals surface area contributed by atoms with Crippen LogP contribution in [0, 0.1) is 0 Å². The van der Waals surface area contributed by atoms with Crippen molar-refractivity contribution in [2.24, 2.45) is 0 Å². The van der Waals surface area contributed by atoms with Gasteiger partial charge in [-0.15, -0.1) is 0 Å². The molecule has 0 aromatic carbocycles. The Morgan fingerprint density at radius 2 is 1.35 bits per heavy atom. The Labute approximate surface area is 125 Å². The van der Waals surface area contributed by atoms with E-state index in [1.54, 1.807) is 0 Å². The van der Waals surface area contributed by atoms with Crippen LogP contribution in [0.15, 0.2) is 24.3 Å². The van der Waals surface area contributed by atoms with Gasteiger partial charge in [-0.25, -0.2) is 0 Å². The quantitative estimate of drug-likeness (QED) is 0.250. The van der Waals surface area contributed by atoms with Gasteiger partial charge in [-0.1, -0.05) is 56.9 Å². The number of carbonyl (C=O) groups excluding carboxylic acids is 1. The third kappa shape index (κ3) is 16.9. The standard InChI is InChI=1S/C18H32O2/c1-3-4-5-6-7-8-9-10-11-12-13-14-15-16-17-20-18(2)19/h6-7,10-11H,3-5,8-9,12-17H2,1-2H3/b7-6?,11-10-. The van der Waals surface area contributed by atoms with Gasteiger partial charge in [0, 0.05) is 6.92 Å². The fourth-order valence-corrected chi connectivity index (χ4v) is 1.92. The normalized spacial score (nSPS) is 11.5. The Kier molecular flexibility index (Phi) is 15.2. The Morgan fingerprint density at radius 3 is 1.95 bits per heavy atom. The zero-order valence-corrected chi connectivity index (χ0v) is 13.4. The lowest BCUT2D eigenvalue weighted by molar-refractivity contribution is -0.141. The number of unbranched alkanes of at least 4 members (excludes halogenated alkanes) is 7. The lowest BCUT2D eigenvalue weighted by Gasteiger charge is -2.00. The molecule has 0 bridgehead atoms. The Bertz CT molecular complexity index is 267. The topological polar surface area (TPSA) is 26.3 Å². The van der Waals surface area contributed by atoms with Crippen LogP contribution in [-0.2, 0) is 9.53 Å². The zero-order chi connectivity index (χ0) is 14.9. The van der Waals surface area contributed by atoms with Gasteiger partial charge in [0.2, 0.25) is 0 Å². The summed E-state index contributed by atoms with van der Waals surface area (Å²) in [5.41, 5.74) is 0. The fraction of sp³-hybridized carbons (Fsp3) is 0.722. The van der Waals surface area contributed by atoms with Crippen LogP contribution in [0.2, 0.25) is 0 Å². The summed E-state index contributed by atoms with van der Waals surface area (Å²) in [6.07, 6.45) is 21.1. The first-order valence-corrected chi connectivity index (χ1v) is 8.20. The molecule has 0 spiro atoms. The highest BCUT2D eigenvalue weighted by Gasteiger charge is 1.92. The van der Waals surface area contributed by atoms with Crippen molar-refractivity contribution >= 4 is 5.97 Å². The number of carbonyl (C=O) groups is 1. The van der Waals surface area contributed by atoms with Crippen molar-refractivity contribution in [3.05, 3.63) is 24.3 Å². The van der Waals surface area contributed by atoms with Crippen molar-refractivity contribution in [3.63, 3.8) is 0 Å². The van der Waals surface area contributed by atoms with Gasteiger partial charge in [0.05, 0.1) is 6.61 Å². The van der Waals surface area contributed by atoms with Crippen LogP contribution >= 0.6 is 0 Å². The average Bonchev–Trinajstić information content (AvgIpc) is 2.43. The second-order valence-electron chi connectivity index (χ2n) is 5.21. The van der Waals surface area contributed by atoms with Crippen LogP contribution in [-0.4, -0.2) is 12.6 Å². The summed E-state index contributed by atoms with van der Waals surface area (Å²) in [4.78, 5) is 10.5. The molecule has 0 rings (SSSR count). The molecule has 0 radical (unpaired) electrons. The van der Waals surface area contributed by atoms with Gasteiger partial charge in [0.15, 0.2) is 0 Å². The highest BCUT2D eigenvalue weighted by Crippen LogP contribution is 2.05. The molecule has 0 fully saturated rings. The van der Waals surface area contributed by atoms with Crippen molar-refractivity contribution in [3.8, 4) is 0 Å². The molecule has 0 aliphatic heterocycles. The molecular formula is C18H32O2. The number of allylic oxidation sites excluding steroid dienone is 4. The second kappa shape index (κ2) is 16.0. The predicted molar refractivity (Wildman–Crippen MR) is 86.8 cm³/mol. The van der Waals surface area contributed by atoms with E-state index >= 15 is 0 Å². The number of ether oxygens (including phenoxy) is 1. The second-order valence-corrected chi connectivity index (χ2v) is 5.21. The minimum absolute atomic E-state index is 0.170. The number of hydrogen-bond acceptors (Lipinski definition) is 2. The lowest BCUT2D eigenvalue weighted by Crippen LogP contribution is -1.99. The SMILES string of the molecule is CCCCC=CCC/C=C\CCCCCCOC(C)=O. The lowest BCUT2D eigenvalue weighted by atomic mass is 10.1. The molecule has 0 aliphatic rings. The average molecular weight is 280 g/mol. The van der Waals surface area contributed by atoms with Crippen LogP contribution in [0.5, 0.6) is 0 Å². The van der Waals surface area contributed by atoms with E-state index in [4.69, 9.17) is 4.74 Å². The van der Waals surface area contributed by atoms with Crippen molar-refractivity contribution in [2.45, 2.75) is 78.1 Å². The molecule has 0 atom stereocenters. The molecule has 116 valence electrons. The first-order chi connectivity index (χ1) is 9.77. The Morgan fingerprint density at radius 1 is 0.800 bits per heavy atom. The smallest absolute Gasteiger partial charge is 0.302 e. The van der Waals surface area contributed by atoms with Crippen molar-refractivity contribution in [1.82, 2.24) is 0 Å². The van der Waals surface area contributed by atoms with Crippen LogP contribution in [0.3, 0.4) is 0 Å². The summed E-state index contributed by atoms with van der Waals surface area (Å²) in [5.74, 6) is -0.170. The summed E-state index contributed by atoms with van der Waals surface area (Å²) < 4.78 is 4.89. The van der Waals surface area contributed by atoms with E-state index in [0.717, 1.165) is 19.3 Å². The summed E-state index contributed by atoms with van der Waals surface area (Å²) in [6.45, 7) is 4.27. The summed E-state index contributed by atoms with van der Waals surface area (Å²) in [7, 11) is 0.